The van der Waals surface area contributed by atoms with Gasteiger partial charge in [-0.25, -0.2) is 4.98 Å². The number of rotatable bonds is 5. The Bertz CT molecular complexity index is 612. The molecular formula is C16H19ClN2O. The average molecular weight is 291 g/mol. The SMILES string of the molecule is CCCCN(CC)C(=O)c1cnc(Cl)c2ccccc12. The highest BCUT2D eigenvalue weighted by Gasteiger charge is 2.17. The van der Waals surface area contributed by atoms with E-state index in [1.165, 1.54) is 0 Å². The number of halogens is 1. The lowest BCUT2D eigenvalue weighted by Crippen LogP contribution is -2.32. The van der Waals surface area contributed by atoms with Crippen LogP contribution in [0.25, 0.3) is 10.8 Å². The minimum absolute atomic E-state index is 0.0290. The van der Waals surface area contributed by atoms with Crippen LogP contribution >= 0.6 is 11.6 Å². The predicted octanol–water partition coefficient (Wildman–Crippen LogP) is 4.15. The lowest BCUT2D eigenvalue weighted by atomic mass is 10.1. The van der Waals surface area contributed by atoms with Crippen molar-refractivity contribution in [3.8, 4) is 0 Å². The number of carbonyl (C=O) groups excluding carboxylic acids is 1. The zero-order valence-corrected chi connectivity index (χ0v) is 12.7. The second kappa shape index (κ2) is 6.71. The van der Waals surface area contributed by atoms with E-state index in [1.54, 1.807) is 6.20 Å². The van der Waals surface area contributed by atoms with E-state index in [-0.39, 0.29) is 5.91 Å². The molecule has 0 fully saturated rings. The number of carbonyl (C=O) groups is 1. The van der Waals surface area contributed by atoms with Gasteiger partial charge in [0, 0.05) is 24.7 Å². The first-order chi connectivity index (χ1) is 9.69. The summed E-state index contributed by atoms with van der Waals surface area (Å²) in [6, 6.07) is 7.63. The molecule has 0 atom stereocenters. The molecule has 0 aliphatic heterocycles. The zero-order valence-electron chi connectivity index (χ0n) is 11.9. The Kier molecular flexibility index (Phi) is 4.96. The fraction of sp³-hybridized carbons (Fsp3) is 0.375. The summed E-state index contributed by atoms with van der Waals surface area (Å²) in [5, 5.41) is 2.13. The van der Waals surface area contributed by atoms with Crippen molar-refractivity contribution in [2.45, 2.75) is 26.7 Å². The molecule has 20 heavy (non-hydrogen) atoms. The molecule has 0 radical (unpaired) electrons. The number of pyridine rings is 1. The van der Waals surface area contributed by atoms with Gasteiger partial charge in [-0.2, -0.15) is 0 Å². The zero-order chi connectivity index (χ0) is 14.5. The number of hydrogen-bond donors (Lipinski definition) is 0. The van der Waals surface area contributed by atoms with Crippen LogP contribution in [0, 0.1) is 0 Å². The first-order valence-corrected chi connectivity index (χ1v) is 7.39. The van der Waals surface area contributed by atoms with Crippen LogP contribution in [0.5, 0.6) is 0 Å². The second-order valence-corrected chi connectivity index (χ2v) is 5.10. The number of fused-ring (bicyclic) bond motifs is 1. The molecule has 0 aliphatic rings. The van der Waals surface area contributed by atoms with Gasteiger partial charge in [0.05, 0.1) is 5.56 Å². The van der Waals surface area contributed by atoms with E-state index in [0.29, 0.717) is 17.3 Å². The van der Waals surface area contributed by atoms with E-state index < -0.39 is 0 Å². The van der Waals surface area contributed by atoms with Crippen molar-refractivity contribution in [3.63, 3.8) is 0 Å². The third-order valence-corrected chi connectivity index (χ3v) is 3.73. The molecule has 0 saturated heterocycles. The number of benzene rings is 1. The summed E-state index contributed by atoms with van der Waals surface area (Å²) in [4.78, 5) is 18.7. The molecule has 2 aromatic rings. The molecule has 2 rings (SSSR count). The van der Waals surface area contributed by atoms with Gasteiger partial charge in [-0.3, -0.25) is 4.79 Å². The third kappa shape index (κ3) is 2.93. The average Bonchev–Trinajstić information content (AvgIpc) is 2.48. The number of nitrogens with zero attached hydrogens (tertiary/aromatic N) is 2. The summed E-state index contributed by atoms with van der Waals surface area (Å²) in [6.45, 7) is 5.61. The summed E-state index contributed by atoms with van der Waals surface area (Å²) < 4.78 is 0. The topological polar surface area (TPSA) is 33.2 Å². The Balaban J connectivity index is 2.41. The third-order valence-electron chi connectivity index (χ3n) is 3.43. The van der Waals surface area contributed by atoms with E-state index in [4.69, 9.17) is 11.6 Å². The maximum atomic E-state index is 12.6. The summed E-state index contributed by atoms with van der Waals surface area (Å²) in [6.07, 6.45) is 3.67. The predicted molar refractivity (Wildman–Crippen MR) is 83.2 cm³/mol. The van der Waals surface area contributed by atoms with Gasteiger partial charge >= 0.3 is 0 Å². The molecule has 1 aromatic carbocycles. The first-order valence-electron chi connectivity index (χ1n) is 7.01. The lowest BCUT2D eigenvalue weighted by molar-refractivity contribution is 0.0764. The molecule has 1 amide bonds. The molecule has 3 nitrogen and oxygen atoms in total. The molecule has 106 valence electrons. The van der Waals surface area contributed by atoms with Crippen LogP contribution in [-0.4, -0.2) is 28.9 Å². The quantitative estimate of drug-likeness (QED) is 0.775. The number of aromatic nitrogens is 1. The van der Waals surface area contributed by atoms with Crippen LogP contribution in [0.4, 0.5) is 0 Å². The van der Waals surface area contributed by atoms with E-state index in [0.717, 1.165) is 30.2 Å². The van der Waals surface area contributed by atoms with Gasteiger partial charge in [0.2, 0.25) is 0 Å². The van der Waals surface area contributed by atoms with Gasteiger partial charge in [0.15, 0.2) is 0 Å². The molecule has 0 spiro atoms. The maximum absolute atomic E-state index is 12.6. The van der Waals surface area contributed by atoms with Crippen molar-refractivity contribution < 1.29 is 4.79 Å². The Hall–Kier alpha value is -1.61. The van der Waals surface area contributed by atoms with Crippen LogP contribution in [-0.2, 0) is 0 Å². The van der Waals surface area contributed by atoms with Crippen LogP contribution in [0.2, 0.25) is 5.15 Å². The molecule has 0 saturated carbocycles. The number of unbranched alkanes of at least 4 members (excludes halogenated alkanes) is 1. The monoisotopic (exact) mass is 290 g/mol. The van der Waals surface area contributed by atoms with Crippen LogP contribution in [0.1, 0.15) is 37.0 Å². The standard InChI is InChI=1S/C16H19ClN2O/c1-3-5-10-19(4-2)16(20)14-11-18-15(17)13-9-7-6-8-12(13)14/h6-9,11H,3-5,10H2,1-2H3. The fourth-order valence-corrected chi connectivity index (χ4v) is 2.46. The van der Waals surface area contributed by atoms with Crippen molar-refractivity contribution in [2.24, 2.45) is 0 Å². The van der Waals surface area contributed by atoms with E-state index in [1.807, 2.05) is 36.1 Å². The maximum Gasteiger partial charge on any atom is 0.256 e. The van der Waals surface area contributed by atoms with Crippen molar-refractivity contribution >= 4 is 28.3 Å². The van der Waals surface area contributed by atoms with Gasteiger partial charge in [0.1, 0.15) is 5.15 Å². The van der Waals surface area contributed by atoms with Crippen molar-refractivity contribution in [3.05, 3.63) is 41.2 Å². The second-order valence-electron chi connectivity index (χ2n) is 4.75. The Morgan fingerprint density at radius 1 is 1.25 bits per heavy atom. The molecular weight excluding hydrogens is 272 g/mol. The minimum Gasteiger partial charge on any atom is -0.339 e. The Labute approximate surface area is 124 Å². The van der Waals surface area contributed by atoms with Crippen LogP contribution < -0.4 is 0 Å². The molecule has 4 heteroatoms. The number of amides is 1. The highest BCUT2D eigenvalue weighted by Crippen LogP contribution is 2.25. The Morgan fingerprint density at radius 3 is 2.60 bits per heavy atom. The van der Waals surface area contributed by atoms with E-state index in [9.17, 15) is 4.79 Å². The Morgan fingerprint density at radius 2 is 1.95 bits per heavy atom. The molecule has 0 aliphatic carbocycles. The summed E-state index contributed by atoms with van der Waals surface area (Å²) in [5.74, 6) is 0.0290. The van der Waals surface area contributed by atoms with Crippen LogP contribution in [0.3, 0.4) is 0 Å². The van der Waals surface area contributed by atoms with Crippen LogP contribution in [0.15, 0.2) is 30.5 Å². The highest BCUT2D eigenvalue weighted by molar-refractivity contribution is 6.34. The fourth-order valence-electron chi connectivity index (χ4n) is 2.25. The largest absolute Gasteiger partial charge is 0.339 e. The van der Waals surface area contributed by atoms with Crippen molar-refractivity contribution in [1.29, 1.82) is 0 Å². The molecule has 0 unspecified atom stereocenters. The molecule has 0 bridgehead atoms. The smallest absolute Gasteiger partial charge is 0.256 e. The molecule has 0 N–H and O–H groups in total. The first kappa shape index (κ1) is 14.8. The normalized spacial score (nSPS) is 10.8. The van der Waals surface area contributed by atoms with E-state index in [2.05, 4.69) is 11.9 Å². The van der Waals surface area contributed by atoms with E-state index >= 15 is 0 Å². The van der Waals surface area contributed by atoms with Gasteiger partial charge in [-0.05, 0) is 18.7 Å². The summed E-state index contributed by atoms with van der Waals surface area (Å²) in [5.41, 5.74) is 0.628. The van der Waals surface area contributed by atoms with Crippen molar-refractivity contribution in [2.75, 3.05) is 13.1 Å². The van der Waals surface area contributed by atoms with Gasteiger partial charge in [0.25, 0.3) is 5.91 Å². The van der Waals surface area contributed by atoms with Crippen molar-refractivity contribution in [1.82, 2.24) is 9.88 Å². The lowest BCUT2D eigenvalue weighted by Gasteiger charge is -2.21. The van der Waals surface area contributed by atoms with Gasteiger partial charge < -0.3 is 4.90 Å². The highest BCUT2D eigenvalue weighted by atomic mass is 35.5. The molecule has 1 aromatic heterocycles. The van der Waals surface area contributed by atoms with Gasteiger partial charge in [-0.15, -0.1) is 0 Å². The summed E-state index contributed by atoms with van der Waals surface area (Å²) >= 11 is 6.09. The summed E-state index contributed by atoms with van der Waals surface area (Å²) in [7, 11) is 0. The number of hydrogen-bond acceptors (Lipinski definition) is 2. The minimum atomic E-state index is 0.0290. The molecule has 1 heterocycles. The van der Waals surface area contributed by atoms with Gasteiger partial charge in [-0.1, -0.05) is 49.2 Å².